The minimum atomic E-state index is -5.04. The fraction of sp³-hybridized carbons (Fsp3) is 0.500. The Labute approximate surface area is 93.8 Å². The maximum absolute atomic E-state index is 9.86. The van der Waals surface area contributed by atoms with E-state index in [0.29, 0.717) is 0 Å². The summed E-state index contributed by atoms with van der Waals surface area (Å²) >= 11 is -5.04. The molecule has 0 spiro atoms. The van der Waals surface area contributed by atoms with Crippen LogP contribution in [0.3, 0.4) is 0 Å². The first-order chi connectivity index (χ1) is 6.29. The molecule has 1 aromatic rings. The zero-order valence-corrected chi connectivity index (χ0v) is 11.6. The van der Waals surface area contributed by atoms with Gasteiger partial charge in [-0.3, -0.25) is 0 Å². The molecule has 0 saturated carbocycles. The van der Waals surface area contributed by atoms with E-state index in [4.69, 9.17) is 0 Å². The van der Waals surface area contributed by atoms with E-state index in [1.807, 2.05) is 0 Å². The molecule has 0 bridgehead atoms. The second-order valence-electron chi connectivity index (χ2n) is 3.34. The Kier molecular flexibility index (Phi) is 5.81. The van der Waals surface area contributed by atoms with E-state index in [-0.39, 0.29) is 0 Å². The first-order valence-electron chi connectivity index (χ1n) is 4.32. The first-order valence-corrected chi connectivity index (χ1v) is 7.10. The first kappa shape index (κ1) is 14.0. The second-order valence-corrected chi connectivity index (χ2v) is 4.39. The van der Waals surface area contributed by atoms with Crippen LogP contribution in [0.1, 0.15) is 27.8 Å². The molecule has 0 radical (unpaired) electrons. The molecular weight excluding hydrogens is 268 g/mol. The maximum atomic E-state index is 9.86. The van der Waals surface area contributed by atoms with Crippen LogP contribution in [0.4, 0.5) is 7.88 Å². The molecule has 1 aromatic carbocycles. The predicted molar refractivity (Wildman–Crippen MR) is 49.0 cm³/mol. The van der Waals surface area contributed by atoms with Crippen LogP contribution in [0.15, 0.2) is 0 Å². The molecule has 0 unspecified atom stereocenters. The van der Waals surface area contributed by atoms with Gasteiger partial charge in [0.05, 0.1) is 0 Å². The zero-order chi connectivity index (χ0) is 11.5. The molecule has 81 valence electrons. The summed E-state index contributed by atoms with van der Waals surface area (Å²) in [4.78, 5) is 0. The average Bonchev–Trinajstić information content (AvgIpc) is 2.23. The zero-order valence-electron chi connectivity index (χ0n) is 9.13. The van der Waals surface area contributed by atoms with Crippen molar-refractivity contribution in [2.45, 2.75) is 34.6 Å². The molecule has 0 nitrogen and oxygen atoms in total. The summed E-state index contributed by atoms with van der Waals surface area (Å²) < 4.78 is 29.6. The molecule has 0 saturated heterocycles. The van der Waals surface area contributed by atoms with E-state index in [1.165, 1.54) is 27.8 Å². The molecule has 0 aromatic heterocycles. The fourth-order valence-electron chi connectivity index (χ4n) is 1.41. The van der Waals surface area contributed by atoms with Crippen LogP contribution in [0.25, 0.3) is 0 Å². The van der Waals surface area contributed by atoms with Gasteiger partial charge in [-0.1, -0.05) is 34.6 Å². The van der Waals surface area contributed by atoms with Gasteiger partial charge in [0.1, 0.15) is 0 Å². The molecule has 0 fully saturated rings. The topological polar surface area (TPSA) is 0 Å². The fourth-order valence-corrected chi connectivity index (χ4v) is 1.41. The van der Waals surface area contributed by atoms with Crippen LogP contribution in [-0.2, 0) is 23.6 Å². The molecule has 0 aliphatic carbocycles. The van der Waals surface area contributed by atoms with E-state index >= 15 is 0 Å². The molecule has 0 amide bonds. The van der Waals surface area contributed by atoms with Crippen molar-refractivity contribution in [2.24, 2.45) is 0 Å². The molecular formula is C10H15F3Zr-. The van der Waals surface area contributed by atoms with Crippen molar-refractivity contribution < 1.29 is 31.5 Å². The van der Waals surface area contributed by atoms with Crippen LogP contribution in [-0.4, -0.2) is 0 Å². The molecule has 1 rings (SSSR count). The summed E-state index contributed by atoms with van der Waals surface area (Å²) in [6.07, 6.45) is 0. The molecule has 0 N–H and O–H groups in total. The summed E-state index contributed by atoms with van der Waals surface area (Å²) in [7, 11) is 0. The van der Waals surface area contributed by atoms with Gasteiger partial charge in [-0.25, -0.2) is 0 Å². The Bertz CT molecular complexity index is 220. The minimum absolute atomic E-state index is 1.47. The summed E-state index contributed by atoms with van der Waals surface area (Å²) in [6.45, 7) is 11.0. The van der Waals surface area contributed by atoms with Crippen molar-refractivity contribution in [3.8, 4) is 0 Å². The third-order valence-electron chi connectivity index (χ3n) is 2.81. The van der Waals surface area contributed by atoms with Gasteiger partial charge in [0, 0.05) is 0 Å². The van der Waals surface area contributed by atoms with Gasteiger partial charge in [0.15, 0.2) is 0 Å². The van der Waals surface area contributed by atoms with Gasteiger partial charge in [0.2, 0.25) is 0 Å². The molecule has 0 heterocycles. The summed E-state index contributed by atoms with van der Waals surface area (Å²) in [5, 5.41) is 0. The van der Waals surface area contributed by atoms with Crippen LogP contribution in [0.2, 0.25) is 0 Å². The third-order valence-corrected chi connectivity index (χ3v) is 2.81. The van der Waals surface area contributed by atoms with Crippen molar-refractivity contribution in [3.05, 3.63) is 27.8 Å². The Morgan fingerprint density at radius 3 is 1.14 bits per heavy atom. The van der Waals surface area contributed by atoms with Gasteiger partial charge in [-0.2, -0.15) is 27.8 Å². The summed E-state index contributed by atoms with van der Waals surface area (Å²) in [5.74, 6) is 0. The Balaban J connectivity index is 0.000000364. The predicted octanol–water partition coefficient (Wildman–Crippen LogP) is 4.21. The van der Waals surface area contributed by atoms with E-state index in [9.17, 15) is 7.88 Å². The Morgan fingerprint density at radius 2 is 1.07 bits per heavy atom. The molecule has 0 aliphatic heterocycles. The van der Waals surface area contributed by atoms with Gasteiger partial charge < -0.3 is 0 Å². The van der Waals surface area contributed by atoms with Gasteiger partial charge >= 0.3 is 31.5 Å². The Hall–Kier alpha value is 0.0231. The van der Waals surface area contributed by atoms with E-state index in [2.05, 4.69) is 34.6 Å². The summed E-state index contributed by atoms with van der Waals surface area (Å²) in [6, 6.07) is 0. The average molecular weight is 283 g/mol. The van der Waals surface area contributed by atoms with Crippen LogP contribution < -0.4 is 0 Å². The summed E-state index contributed by atoms with van der Waals surface area (Å²) in [5.41, 5.74) is 7.34. The quantitative estimate of drug-likeness (QED) is 0.626. The standard InChI is InChI=1S/C10H15.3FH.Zr/c1-6-7(2)9(4)10(5)8(6)3;;;;/h1-5H3;3*1H;/q-1;;;;+3/p-3. The monoisotopic (exact) mass is 282 g/mol. The number of rotatable bonds is 0. The van der Waals surface area contributed by atoms with Gasteiger partial charge in [-0.15, -0.1) is 0 Å². The molecule has 0 atom stereocenters. The molecule has 4 heteroatoms. The van der Waals surface area contributed by atoms with Crippen molar-refractivity contribution in [2.75, 3.05) is 0 Å². The Morgan fingerprint density at radius 1 is 0.857 bits per heavy atom. The SMILES string of the molecule is Cc1c(C)c(C)[c-](C)c1C.[F][Zr]([F])[F]. The van der Waals surface area contributed by atoms with Crippen molar-refractivity contribution in [3.63, 3.8) is 0 Å². The van der Waals surface area contributed by atoms with Crippen molar-refractivity contribution in [1.29, 1.82) is 0 Å². The van der Waals surface area contributed by atoms with E-state index < -0.39 is 23.6 Å². The van der Waals surface area contributed by atoms with Crippen molar-refractivity contribution >= 4 is 0 Å². The van der Waals surface area contributed by atoms with E-state index in [1.54, 1.807) is 0 Å². The second kappa shape index (κ2) is 5.80. The third kappa shape index (κ3) is 3.64. The van der Waals surface area contributed by atoms with E-state index in [0.717, 1.165) is 0 Å². The number of hydrogen-bond acceptors (Lipinski definition) is 0. The molecule has 0 aliphatic rings. The van der Waals surface area contributed by atoms with Gasteiger partial charge in [0.25, 0.3) is 0 Å². The van der Waals surface area contributed by atoms with Gasteiger partial charge in [-0.05, 0) is 0 Å². The number of hydrogen-bond donors (Lipinski definition) is 0. The van der Waals surface area contributed by atoms with Crippen LogP contribution >= 0.6 is 0 Å². The van der Waals surface area contributed by atoms with Crippen LogP contribution in [0, 0.1) is 34.6 Å². The molecule has 14 heavy (non-hydrogen) atoms. The number of halogens is 3. The normalized spacial score (nSPS) is 9.43. The van der Waals surface area contributed by atoms with Crippen LogP contribution in [0.5, 0.6) is 0 Å². The van der Waals surface area contributed by atoms with Crippen molar-refractivity contribution in [1.82, 2.24) is 0 Å².